The third-order valence-electron chi connectivity index (χ3n) is 11.8. The molecule has 2 saturated heterocycles. The number of rotatable bonds is 28. The van der Waals surface area contributed by atoms with Gasteiger partial charge in [0.05, 0.1) is 6.61 Å². The van der Waals surface area contributed by atoms with Gasteiger partial charge in [-0.2, -0.15) is 0 Å². The molecule has 0 unspecified atom stereocenters. The lowest BCUT2D eigenvalue weighted by Gasteiger charge is -2.65. The molecule has 10 atom stereocenters. The Morgan fingerprint density at radius 2 is 1.02 bits per heavy atom. The van der Waals surface area contributed by atoms with Crippen molar-refractivity contribution in [1.29, 1.82) is 0 Å². The fourth-order valence-corrected chi connectivity index (χ4v) is 8.52. The van der Waals surface area contributed by atoms with Gasteiger partial charge in [0.2, 0.25) is 16.8 Å². The molecular weight excluding hydrogens is 836 g/mol. The summed E-state index contributed by atoms with van der Waals surface area (Å²) < 4.78 is 26.8. The maximum Gasteiger partial charge on any atom is 0.342 e. The van der Waals surface area contributed by atoms with Crippen LogP contribution in [-0.2, 0) is 71.8 Å². The Kier molecular flexibility index (Phi) is 21.2. The molecular formula is C43H68O20. The molecule has 2 heterocycles. The van der Waals surface area contributed by atoms with Crippen molar-refractivity contribution < 1.29 is 97.3 Å². The van der Waals surface area contributed by atoms with Crippen LogP contribution in [0.4, 0.5) is 0 Å². The van der Waals surface area contributed by atoms with E-state index in [2.05, 4.69) is 6.92 Å². The molecule has 2 rings (SSSR count). The Morgan fingerprint density at radius 1 is 0.571 bits per heavy atom. The van der Waals surface area contributed by atoms with Crippen LogP contribution in [0, 0.1) is 0 Å². The first kappa shape index (κ1) is 55.5. The van der Waals surface area contributed by atoms with Crippen LogP contribution in [0.1, 0.15) is 158 Å². The molecule has 5 N–H and O–H groups in total. The Balaban J connectivity index is 2.48. The first-order valence-electron chi connectivity index (χ1n) is 21.7. The van der Waals surface area contributed by atoms with Crippen molar-refractivity contribution in [2.45, 2.75) is 217 Å². The highest BCUT2D eigenvalue weighted by Crippen LogP contribution is 2.58. The zero-order valence-corrected chi connectivity index (χ0v) is 37.8. The molecule has 20 nitrogen and oxygen atoms in total. The number of hydrogen-bond donors (Lipinski definition) is 5. The summed E-state index contributed by atoms with van der Waals surface area (Å²) in [6.07, 6.45) is 3.70. The average Bonchev–Trinajstić information content (AvgIpc) is 3.20. The van der Waals surface area contributed by atoms with Crippen molar-refractivity contribution in [3.8, 4) is 0 Å². The minimum absolute atomic E-state index is 0.250. The lowest BCUT2D eigenvalue weighted by molar-refractivity contribution is -0.492. The van der Waals surface area contributed by atoms with Crippen molar-refractivity contribution in [2.24, 2.45) is 0 Å². The van der Waals surface area contributed by atoms with E-state index in [0.29, 0.717) is 41.0 Å². The fraction of sp³-hybridized carbons (Fsp3) is 0.814. The number of ether oxygens (including phenoxy) is 5. The third kappa shape index (κ3) is 11.4. The quantitative estimate of drug-likeness (QED) is 0.0325. The Hall–Kier alpha value is -3.60. The maximum atomic E-state index is 14.2. The summed E-state index contributed by atoms with van der Waals surface area (Å²) in [6.45, 7) is 4.76. The number of carbonyl (C=O) groups is 8. The van der Waals surface area contributed by atoms with E-state index in [1.807, 2.05) is 0 Å². The molecule has 63 heavy (non-hydrogen) atoms. The minimum atomic E-state index is -4.33. The molecule has 0 spiro atoms. The first-order valence-corrected chi connectivity index (χ1v) is 21.7. The summed E-state index contributed by atoms with van der Waals surface area (Å²) in [5.74, 6) is -15.9. The van der Waals surface area contributed by atoms with Gasteiger partial charge in [-0.1, -0.05) is 96.8 Å². The van der Waals surface area contributed by atoms with Gasteiger partial charge in [0.15, 0.2) is 59.3 Å². The topological polar surface area (TPSA) is 302 Å². The highest BCUT2D eigenvalue weighted by atomic mass is 17.2. The van der Waals surface area contributed by atoms with Crippen molar-refractivity contribution in [3.05, 3.63) is 0 Å². The number of esters is 2. The van der Waals surface area contributed by atoms with Crippen LogP contribution in [0.25, 0.3) is 0 Å². The van der Waals surface area contributed by atoms with E-state index in [9.17, 15) is 63.9 Å². The predicted octanol–water partition coefficient (Wildman–Crippen LogP) is 2.24. The van der Waals surface area contributed by atoms with E-state index in [0.717, 1.165) is 46.0 Å². The molecule has 2 aliphatic rings. The largest absolute Gasteiger partial charge is 0.455 e. The van der Waals surface area contributed by atoms with Gasteiger partial charge < -0.3 is 49.2 Å². The van der Waals surface area contributed by atoms with E-state index in [-0.39, 0.29) is 12.8 Å². The highest BCUT2D eigenvalue weighted by Gasteiger charge is 2.91. The van der Waals surface area contributed by atoms with Gasteiger partial charge in [-0.25, -0.2) is 4.79 Å². The van der Waals surface area contributed by atoms with Crippen LogP contribution in [-0.4, -0.2) is 138 Å². The van der Waals surface area contributed by atoms with Gasteiger partial charge in [0, 0.05) is 27.2 Å². The minimum Gasteiger partial charge on any atom is -0.455 e. The van der Waals surface area contributed by atoms with Crippen LogP contribution in [0.3, 0.4) is 0 Å². The number of unbranched alkanes of at least 4 members (excludes halogenated alkanes) is 14. The zero-order chi connectivity index (χ0) is 48.0. The standard InChI is InChI=1S/C43H68O20/c1-9-10-11-12-13-14-15-16-17-18-19-20-21-22-23-24-33(52)61-63-43(30(6)49)41(56,28(4)47)40(55,27(3)46)42(29(5)48,39(25-44,62-43)26(2)45)60-38-34(53)35(57-31(7)50)36(37(54)59-38)58-32(8)51/h34-38,44,53-56H,9-25H2,1-8H3/t34-,35+,36+,37+,38+,39+,40+,41+,42-,43+/m1/s1. The molecule has 0 amide bonds. The third-order valence-corrected chi connectivity index (χ3v) is 11.8. The molecule has 0 aliphatic carbocycles. The Labute approximate surface area is 367 Å². The van der Waals surface area contributed by atoms with E-state index in [4.69, 9.17) is 33.5 Å². The summed E-state index contributed by atoms with van der Waals surface area (Å²) >= 11 is 0. The molecule has 360 valence electrons. The molecule has 0 saturated carbocycles. The average molecular weight is 905 g/mol. The van der Waals surface area contributed by atoms with Crippen molar-refractivity contribution in [2.75, 3.05) is 6.61 Å². The molecule has 20 heteroatoms. The highest BCUT2D eigenvalue weighted by molar-refractivity contribution is 6.12. The maximum absolute atomic E-state index is 14.2. The monoisotopic (exact) mass is 904 g/mol. The van der Waals surface area contributed by atoms with Crippen LogP contribution in [0.2, 0.25) is 0 Å². The van der Waals surface area contributed by atoms with Crippen molar-refractivity contribution in [3.63, 3.8) is 0 Å². The molecule has 0 aromatic rings. The SMILES string of the molecule is CCCCCCCCCCCCCCCCCC(=O)OO[C@]1(C(C)=O)O[C@@](CO)(C(C)=O)[C@](O[C@@H]2O[C@H](O)[C@@H](OC(C)=O)[C@@H](OC(C)=O)[C@H]2O)(C(C)=O)[C@](O)(C(C)=O)[C@@]1(O)C(C)=O. The molecule has 0 radical (unpaired) electrons. The van der Waals surface area contributed by atoms with Gasteiger partial charge >= 0.3 is 23.7 Å². The lowest BCUT2D eigenvalue weighted by Crippen LogP contribution is -2.95. The van der Waals surface area contributed by atoms with Crippen LogP contribution >= 0.6 is 0 Å². The number of ketones is 5. The predicted molar refractivity (Wildman–Crippen MR) is 215 cm³/mol. The number of Topliss-reactive ketones (excluding diaryl/α,β-unsaturated/α-hetero) is 5. The van der Waals surface area contributed by atoms with E-state index < -0.39 is 113 Å². The summed E-state index contributed by atoms with van der Waals surface area (Å²) in [5.41, 5.74) is -16.2. The Bertz CT molecular complexity index is 1630. The van der Waals surface area contributed by atoms with Crippen LogP contribution in [0.5, 0.6) is 0 Å². The molecule has 2 fully saturated rings. The van der Waals surface area contributed by atoms with E-state index in [1.54, 1.807) is 0 Å². The Morgan fingerprint density at radius 3 is 1.40 bits per heavy atom. The summed E-state index contributed by atoms with van der Waals surface area (Å²) in [4.78, 5) is 117. The molecule has 2 aliphatic heterocycles. The van der Waals surface area contributed by atoms with Gasteiger partial charge in [-0.15, -0.1) is 4.89 Å². The van der Waals surface area contributed by atoms with Gasteiger partial charge in [0.1, 0.15) is 6.10 Å². The smallest absolute Gasteiger partial charge is 0.342 e. The van der Waals surface area contributed by atoms with E-state index in [1.165, 1.54) is 51.4 Å². The normalized spacial score (nSPS) is 31.7. The van der Waals surface area contributed by atoms with Gasteiger partial charge in [-0.3, -0.25) is 38.4 Å². The number of aliphatic hydroxyl groups is 5. The van der Waals surface area contributed by atoms with Crippen molar-refractivity contribution >= 4 is 46.8 Å². The second-order valence-corrected chi connectivity index (χ2v) is 16.5. The zero-order valence-electron chi connectivity index (χ0n) is 37.8. The molecule has 0 aromatic carbocycles. The van der Waals surface area contributed by atoms with Gasteiger partial charge in [0.25, 0.3) is 0 Å². The lowest BCUT2D eigenvalue weighted by atomic mass is 9.53. The number of carbonyl (C=O) groups excluding carboxylic acids is 8. The second-order valence-electron chi connectivity index (χ2n) is 16.5. The summed E-state index contributed by atoms with van der Waals surface area (Å²) in [6, 6.07) is 0. The number of hydrogen-bond acceptors (Lipinski definition) is 20. The van der Waals surface area contributed by atoms with Gasteiger partial charge in [-0.05, 0) is 34.1 Å². The van der Waals surface area contributed by atoms with E-state index >= 15 is 0 Å². The summed E-state index contributed by atoms with van der Waals surface area (Å²) in [5, 5.41) is 58.6. The summed E-state index contributed by atoms with van der Waals surface area (Å²) in [7, 11) is 0. The first-order chi connectivity index (χ1) is 29.4. The fourth-order valence-electron chi connectivity index (χ4n) is 8.52. The second kappa shape index (κ2) is 24.1. The van der Waals surface area contributed by atoms with Crippen LogP contribution in [0.15, 0.2) is 0 Å². The van der Waals surface area contributed by atoms with Crippen molar-refractivity contribution in [1.82, 2.24) is 0 Å². The molecule has 0 aromatic heterocycles. The molecule has 0 bridgehead atoms. The van der Waals surface area contributed by atoms with Crippen LogP contribution < -0.4 is 0 Å². The number of aliphatic hydroxyl groups excluding tert-OH is 3.